The number of halogens is 2. The molecule has 0 aliphatic carbocycles. The van der Waals surface area contributed by atoms with Crippen LogP contribution in [0.15, 0.2) is 22.7 Å². The molecule has 19 heavy (non-hydrogen) atoms. The molecule has 0 aromatic heterocycles. The monoisotopic (exact) mass is 327 g/mol. The highest BCUT2D eigenvalue weighted by atomic mass is 79.9. The fourth-order valence-corrected chi connectivity index (χ4v) is 4.00. The van der Waals surface area contributed by atoms with Gasteiger partial charge in [-0.3, -0.25) is 4.90 Å². The van der Waals surface area contributed by atoms with Crippen molar-refractivity contribution < 1.29 is 9.50 Å². The maximum Gasteiger partial charge on any atom is 0.137 e. The molecule has 0 amide bonds. The summed E-state index contributed by atoms with van der Waals surface area (Å²) in [4.78, 5) is 2.40. The van der Waals surface area contributed by atoms with Crippen molar-refractivity contribution in [2.24, 2.45) is 0 Å². The standard InChI is InChI=1S/C15H19BrFNO/c16-14-11(4-3-5-12(14)17)10-15(19)7-9-18-8-2-1-6-13(15)18/h3-5,13,19H,1-2,6-10H2. The van der Waals surface area contributed by atoms with Crippen LogP contribution in [-0.2, 0) is 6.42 Å². The second-order valence-corrected chi connectivity index (χ2v) is 6.58. The number of rotatable bonds is 2. The Labute approximate surface area is 121 Å². The lowest BCUT2D eigenvalue weighted by Gasteiger charge is -2.37. The minimum atomic E-state index is -0.698. The van der Waals surface area contributed by atoms with Crippen LogP contribution in [-0.4, -0.2) is 34.7 Å². The average Bonchev–Trinajstić information content (AvgIpc) is 2.74. The van der Waals surface area contributed by atoms with Gasteiger partial charge in [0.15, 0.2) is 0 Å². The van der Waals surface area contributed by atoms with Crippen LogP contribution < -0.4 is 0 Å². The molecule has 2 atom stereocenters. The van der Waals surface area contributed by atoms with Crippen molar-refractivity contribution in [1.29, 1.82) is 0 Å². The van der Waals surface area contributed by atoms with E-state index in [9.17, 15) is 9.50 Å². The quantitative estimate of drug-likeness (QED) is 0.902. The van der Waals surface area contributed by atoms with Crippen LogP contribution in [0, 0.1) is 5.82 Å². The number of nitrogens with zero attached hydrogens (tertiary/aromatic N) is 1. The molecule has 3 rings (SSSR count). The highest BCUT2D eigenvalue weighted by molar-refractivity contribution is 9.10. The number of hydrogen-bond donors (Lipinski definition) is 1. The minimum absolute atomic E-state index is 0.247. The Morgan fingerprint density at radius 1 is 1.37 bits per heavy atom. The Bertz CT molecular complexity index is 481. The molecule has 2 unspecified atom stereocenters. The summed E-state index contributed by atoms with van der Waals surface area (Å²) in [6.07, 6.45) is 4.81. The molecule has 2 aliphatic rings. The van der Waals surface area contributed by atoms with Crippen LogP contribution in [0.2, 0.25) is 0 Å². The van der Waals surface area contributed by atoms with Crippen LogP contribution in [0.25, 0.3) is 0 Å². The molecule has 1 aromatic rings. The van der Waals surface area contributed by atoms with Crippen molar-refractivity contribution in [1.82, 2.24) is 4.90 Å². The van der Waals surface area contributed by atoms with E-state index in [4.69, 9.17) is 0 Å². The van der Waals surface area contributed by atoms with Crippen molar-refractivity contribution in [3.8, 4) is 0 Å². The van der Waals surface area contributed by atoms with E-state index >= 15 is 0 Å². The summed E-state index contributed by atoms with van der Waals surface area (Å²) in [5.41, 5.74) is 0.173. The van der Waals surface area contributed by atoms with Crippen molar-refractivity contribution in [2.75, 3.05) is 13.1 Å². The molecule has 1 N–H and O–H groups in total. The van der Waals surface area contributed by atoms with Crippen LogP contribution >= 0.6 is 15.9 Å². The Kier molecular flexibility index (Phi) is 3.67. The van der Waals surface area contributed by atoms with Gasteiger partial charge in [0, 0.05) is 19.0 Å². The van der Waals surface area contributed by atoms with Crippen molar-refractivity contribution in [3.63, 3.8) is 0 Å². The van der Waals surface area contributed by atoms with E-state index in [-0.39, 0.29) is 11.9 Å². The lowest BCUT2D eigenvalue weighted by Crippen LogP contribution is -2.48. The van der Waals surface area contributed by atoms with Crippen molar-refractivity contribution >= 4 is 15.9 Å². The topological polar surface area (TPSA) is 23.5 Å². The Morgan fingerprint density at radius 3 is 3.05 bits per heavy atom. The third-order valence-electron chi connectivity index (χ3n) is 4.59. The van der Waals surface area contributed by atoms with Gasteiger partial charge in [-0.25, -0.2) is 4.39 Å². The Balaban J connectivity index is 1.83. The van der Waals surface area contributed by atoms with Gasteiger partial charge in [0.05, 0.1) is 10.1 Å². The molecule has 2 saturated heterocycles. The number of piperidine rings is 1. The van der Waals surface area contributed by atoms with Gasteiger partial charge in [-0.15, -0.1) is 0 Å². The minimum Gasteiger partial charge on any atom is -0.388 e. The summed E-state index contributed by atoms with van der Waals surface area (Å²) in [6.45, 7) is 2.06. The first-order valence-electron chi connectivity index (χ1n) is 6.99. The van der Waals surface area contributed by atoms with Gasteiger partial charge in [0.2, 0.25) is 0 Å². The van der Waals surface area contributed by atoms with Gasteiger partial charge in [-0.1, -0.05) is 18.6 Å². The summed E-state index contributed by atoms with van der Waals surface area (Å²) in [7, 11) is 0. The fourth-order valence-electron chi connectivity index (χ4n) is 3.59. The summed E-state index contributed by atoms with van der Waals surface area (Å²) in [5.74, 6) is -0.250. The predicted molar refractivity (Wildman–Crippen MR) is 76.6 cm³/mol. The zero-order valence-corrected chi connectivity index (χ0v) is 12.5. The van der Waals surface area contributed by atoms with E-state index in [2.05, 4.69) is 20.8 Å². The first-order chi connectivity index (χ1) is 9.10. The van der Waals surface area contributed by atoms with Crippen molar-refractivity contribution in [2.45, 2.75) is 43.7 Å². The number of hydrogen-bond acceptors (Lipinski definition) is 2. The zero-order valence-electron chi connectivity index (χ0n) is 10.9. The van der Waals surface area contributed by atoms with Crippen LogP contribution in [0.3, 0.4) is 0 Å². The largest absolute Gasteiger partial charge is 0.388 e. The average molecular weight is 328 g/mol. The van der Waals surface area contributed by atoms with E-state index in [1.807, 2.05) is 6.07 Å². The molecule has 2 nitrogen and oxygen atoms in total. The summed E-state index contributed by atoms with van der Waals surface area (Å²) in [5, 5.41) is 11.0. The number of fused-ring (bicyclic) bond motifs is 1. The highest BCUT2D eigenvalue weighted by Crippen LogP contribution is 2.38. The second kappa shape index (κ2) is 5.15. The zero-order chi connectivity index (χ0) is 13.5. The molecule has 1 aromatic carbocycles. The van der Waals surface area contributed by atoms with Crippen LogP contribution in [0.4, 0.5) is 4.39 Å². The lowest BCUT2D eigenvalue weighted by atomic mass is 9.84. The first kappa shape index (κ1) is 13.5. The normalized spacial score (nSPS) is 31.4. The molecule has 2 fully saturated rings. The number of aliphatic hydroxyl groups is 1. The maximum atomic E-state index is 13.6. The maximum absolute atomic E-state index is 13.6. The number of benzene rings is 1. The molecule has 0 saturated carbocycles. The highest BCUT2D eigenvalue weighted by Gasteiger charge is 2.46. The molecular weight excluding hydrogens is 309 g/mol. The Hall–Kier alpha value is -0.450. The van der Waals surface area contributed by atoms with Gasteiger partial charge >= 0.3 is 0 Å². The van der Waals surface area contributed by atoms with Gasteiger partial charge in [-0.05, 0) is 53.4 Å². The third kappa shape index (κ3) is 2.46. The van der Waals surface area contributed by atoms with Crippen LogP contribution in [0.5, 0.6) is 0 Å². The second-order valence-electron chi connectivity index (χ2n) is 5.79. The molecule has 2 heterocycles. The first-order valence-corrected chi connectivity index (χ1v) is 7.79. The Morgan fingerprint density at radius 2 is 2.21 bits per heavy atom. The van der Waals surface area contributed by atoms with E-state index in [1.165, 1.54) is 18.9 Å². The van der Waals surface area contributed by atoms with E-state index in [1.54, 1.807) is 6.07 Å². The van der Waals surface area contributed by atoms with Gasteiger partial charge in [0.25, 0.3) is 0 Å². The van der Waals surface area contributed by atoms with E-state index in [0.29, 0.717) is 10.9 Å². The summed E-state index contributed by atoms with van der Waals surface area (Å²) >= 11 is 3.30. The molecule has 4 heteroatoms. The van der Waals surface area contributed by atoms with Gasteiger partial charge < -0.3 is 5.11 Å². The van der Waals surface area contributed by atoms with E-state index in [0.717, 1.165) is 31.5 Å². The molecular formula is C15H19BrFNO. The molecule has 2 aliphatic heterocycles. The molecule has 0 bridgehead atoms. The molecule has 0 spiro atoms. The fraction of sp³-hybridized carbons (Fsp3) is 0.600. The van der Waals surface area contributed by atoms with Crippen molar-refractivity contribution in [3.05, 3.63) is 34.1 Å². The van der Waals surface area contributed by atoms with Gasteiger partial charge in [-0.2, -0.15) is 0 Å². The SMILES string of the molecule is OC1(Cc2cccc(F)c2Br)CCN2CCCCC21. The van der Waals surface area contributed by atoms with Crippen LogP contribution in [0.1, 0.15) is 31.2 Å². The molecule has 0 radical (unpaired) electrons. The summed E-state index contributed by atoms with van der Waals surface area (Å²) < 4.78 is 14.1. The lowest BCUT2D eigenvalue weighted by molar-refractivity contribution is -0.00902. The predicted octanol–water partition coefficient (Wildman–Crippen LogP) is 3.12. The third-order valence-corrected chi connectivity index (χ3v) is 5.48. The van der Waals surface area contributed by atoms with Gasteiger partial charge in [0.1, 0.15) is 5.82 Å². The molecule has 104 valence electrons. The summed E-state index contributed by atoms with van der Waals surface area (Å²) in [6, 6.07) is 5.30. The smallest absolute Gasteiger partial charge is 0.137 e. The van der Waals surface area contributed by atoms with E-state index < -0.39 is 5.60 Å².